The van der Waals surface area contributed by atoms with Gasteiger partial charge in [0.25, 0.3) is 0 Å². The third kappa shape index (κ3) is 4.18. The number of carbonyl (C=O) groups is 1. The fourth-order valence-electron chi connectivity index (χ4n) is 3.09. The number of anilines is 1. The molecule has 2 N–H and O–H groups in total. The van der Waals surface area contributed by atoms with Gasteiger partial charge in [0.1, 0.15) is 17.3 Å². The number of nitrogens with zero attached hydrogens (tertiary/aromatic N) is 1. The third-order valence-electron chi connectivity index (χ3n) is 4.48. The van der Waals surface area contributed by atoms with Crippen LogP contribution in [0.2, 0.25) is 0 Å². The second-order valence-corrected chi connectivity index (χ2v) is 7.36. The monoisotopic (exact) mass is 416 g/mol. The Hall–Kier alpha value is -3.64. The number of benzene rings is 2. The van der Waals surface area contributed by atoms with Crippen LogP contribution in [0, 0.1) is 0 Å². The smallest absolute Gasteiger partial charge is 0.330 e. The topological polar surface area (TPSA) is 74.4 Å². The molecule has 0 aliphatic rings. The Morgan fingerprint density at radius 2 is 1.83 bits per heavy atom. The molecule has 0 atom stereocenters. The third-order valence-corrected chi connectivity index (χ3v) is 5.51. The number of nitrogens with two attached hydrogens (primary N) is 1. The zero-order valence-corrected chi connectivity index (χ0v) is 17.2. The lowest BCUT2D eigenvalue weighted by molar-refractivity contribution is -0.137. The van der Waals surface area contributed by atoms with E-state index in [1.807, 2.05) is 54.6 Å². The van der Waals surface area contributed by atoms with E-state index in [1.165, 1.54) is 6.08 Å². The zero-order valence-electron chi connectivity index (χ0n) is 16.4. The van der Waals surface area contributed by atoms with Gasteiger partial charge in [-0.15, -0.1) is 11.3 Å². The van der Waals surface area contributed by atoms with Crippen LogP contribution in [0.4, 0.5) is 5.82 Å². The van der Waals surface area contributed by atoms with E-state index in [2.05, 4.69) is 10.4 Å². The molecule has 4 rings (SSSR count). The van der Waals surface area contributed by atoms with Gasteiger partial charge in [0.15, 0.2) is 0 Å². The molecule has 0 bridgehead atoms. The molecule has 0 amide bonds. The van der Waals surface area contributed by atoms with E-state index >= 15 is 0 Å². The fraction of sp³-hybridized carbons (Fsp3) is 0.0833. The minimum atomic E-state index is -0.381. The molecule has 2 aromatic carbocycles. The van der Waals surface area contributed by atoms with E-state index in [4.69, 9.17) is 15.2 Å². The number of aromatic nitrogens is 1. The number of ether oxygens (including phenoxy) is 2. The van der Waals surface area contributed by atoms with E-state index < -0.39 is 0 Å². The van der Waals surface area contributed by atoms with Crippen molar-refractivity contribution in [1.29, 1.82) is 0 Å². The van der Waals surface area contributed by atoms with Crippen molar-refractivity contribution in [2.45, 2.75) is 6.92 Å². The van der Waals surface area contributed by atoms with Gasteiger partial charge < -0.3 is 15.2 Å². The van der Waals surface area contributed by atoms with Crippen molar-refractivity contribution in [3.8, 4) is 22.6 Å². The summed E-state index contributed by atoms with van der Waals surface area (Å²) in [5.74, 6) is 1.62. The molecule has 0 radical (unpaired) electrons. The summed E-state index contributed by atoms with van der Waals surface area (Å²) in [4.78, 5) is 16.0. The van der Waals surface area contributed by atoms with Crippen LogP contribution in [0.3, 0.4) is 0 Å². The minimum absolute atomic E-state index is 0.339. The Bertz CT molecular complexity index is 1200. The molecule has 0 saturated carbocycles. The molecule has 5 nitrogen and oxygen atoms in total. The minimum Gasteiger partial charge on any atom is -0.463 e. The molecule has 0 aliphatic heterocycles. The van der Waals surface area contributed by atoms with Gasteiger partial charge in [-0.2, -0.15) is 0 Å². The first kappa shape index (κ1) is 19.7. The van der Waals surface area contributed by atoms with Gasteiger partial charge in [0.05, 0.1) is 6.61 Å². The maximum Gasteiger partial charge on any atom is 0.330 e. The number of thiophene rings is 1. The van der Waals surface area contributed by atoms with Crippen LogP contribution >= 0.6 is 11.3 Å². The summed E-state index contributed by atoms with van der Waals surface area (Å²) in [5.41, 5.74) is 9.04. The SMILES string of the molecule is CCOC(=O)C=Cc1cnc(N)c2c(-c3ccc(Oc4ccccc4)cc3)csc12. The van der Waals surface area contributed by atoms with Crippen molar-refractivity contribution in [3.63, 3.8) is 0 Å². The van der Waals surface area contributed by atoms with Crippen LogP contribution in [0.5, 0.6) is 11.5 Å². The largest absolute Gasteiger partial charge is 0.463 e. The van der Waals surface area contributed by atoms with Crippen LogP contribution in [-0.2, 0) is 9.53 Å². The van der Waals surface area contributed by atoms with Crippen LogP contribution in [0.1, 0.15) is 12.5 Å². The normalized spacial score (nSPS) is 11.1. The molecule has 0 spiro atoms. The van der Waals surface area contributed by atoms with Crippen molar-refractivity contribution >= 4 is 39.3 Å². The number of pyridine rings is 1. The molecule has 0 unspecified atom stereocenters. The number of esters is 1. The molecule has 2 heterocycles. The average Bonchev–Trinajstić information content (AvgIpc) is 3.21. The van der Waals surface area contributed by atoms with Gasteiger partial charge in [-0.3, -0.25) is 0 Å². The van der Waals surface area contributed by atoms with Gasteiger partial charge in [-0.1, -0.05) is 30.3 Å². The number of nitrogen functional groups attached to an aromatic ring is 1. The Morgan fingerprint density at radius 3 is 2.57 bits per heavy atom. The first-order valence-electron chi connectivity index (χ1n) is 9.49. The van der Waals surface area contributed by atoms with E-state index in [0.29, 0.717) is 12.4 Å². The summed E-state index contributed by atoms with van der Waals surface area (Å²) < 4.78 is 11.8. The Balaban J connectivity index is 1.65. The van der Waals surface area contributed by atoms with E-state index in [1.54, 1.807) is 30.5 Å². The number of para-hydroxylation sites is 1. The summed E-state index contributed by atoms with van der Waals surface area (Å²) in [6, 6.07) is 17.5. The highest BCUT2D eigenvalue weighted by atomic mass is 32.1. The van der Waals surface area contributed by atoms with E-state index in [0.717, 1.165) is 38.3 Å². The first-order chi connectivity index (χ1) is 14.7. The molecular weight excluding hydrogens is 396 g/mol. The summed E-state index contributed by atoms with van der Waals surface area (Å²) >= 11 is 1.57. The van der Waals surface area contributed by atoms with Gasteiger partial charge in [0, 0.05) is 33.5 Å². The first-order valence-corrected chi connectivity index (χ1v) is 10.4. The highest BCUT2D eigenvalue weighted by Gasteiger charge is 2.13. The summed E-state index contributed by atoms with van der Waals surface area (Å²) in [6.07, 6.45) is 4.79. The van der Waals surface area contributed by atoms with Crippen molar-refractivity contribution in [1.82, 2.24) is 4.98 Å². The Morgan fingerprint density at radius 1 is 1.10 bits per heavy atom. The molecule has 30 heavy (non-hydrogen) atoms. The molecule has 150 valence electrons. The number of carbonyl (C=O) groups excluding carboxylic acids is 1. The molecule has 4 aromatic rings. The highest BCUT2D eigenvalue weighted by Crippen LogP contribution is 2.39. The Kier molecular flexibility index (Phi) is 5.77. The van der Waals surface area contributed by atoms with E-state index in [-0.39, 0.29) is 5.97 Å². The molecule has 0 fully saturated rings. The zero-order chi connectivity index (χ0) is 20.9. The van der Waals surface area contributed by atoms with Crippen LogP contribution < -0.4 is 10.5 Å². The molecule has 2 aromatic heterocycles. The average molecular weight is 417 g/mol. The van der Waals surface area contributed by atoms with Crippen LogP contribution in [-0.4, -0.2) is 17.6 Å². The van der Waals surface area contributed by atoms with Gasteiger partial charge in [0.2, 0.25) is 0 Å². The Labute approximate surface area is 178 Å². The lowest BCUT2D eigenvalue weighted by Crippen LogP contribution is -1.98. The van der Waals surface area contributed by atoms with Crippen LogP contribution in [0.25, 0.3) is 27.3 Å². The standard InChI is InChI=1S/C24H20N2O3S/c1-2-28-21(27)13-10-17-14-26-24(25)22-20(15-30-23(17)22)16-8-11-19(12-9-16)29-18-6-4-3-5-7-18/h3-15H,2H2,1H3,(H2,25,26). The van der Waals surface area contributed by atoms with Crippen molar-refractivity contribution < 1.29 is 14.3 Å². The predicted octanol–water partition coefficient (Wildman–Crippen LogP) is 5.91. The van der Waals surface area contributed by atoms with Gasteiger partial charge >= 0.3 is 5.97 Å². The second-order valence-electron chi connectivity index (χ2n) is 6.48. The quantitative estimate of drug-likeness (QED) is 0.312. The molecule has 0 aliphatic carbocycles. The fourth-order valence-corrected chi connectivity index (χ4v) is 4.17. The summed E-state index contributed by atoms with van der Waals surface area (Å²) in [5, 5.41) is 2.93. The summed E-state index contributed by atoms with van der Waals surface area (Å²) in [7, 11) is 0. The predicted molar refractivity (Wildman–Crippen MR) is 122 cm³/mol. The molecule has 0 saturated heterocycles. The van der Waals surface area contributed by atoms with Crippen LogP contribution in [0.15, 0.2) is 72.3 Å². The lowest BCUT2D eigenvalue weighted by Gasteiger charge is -2.07. The second kappa shape index (κ2) is 8.80. The van der Waals surface area contributed by atoms with Crippen molar-refractivity contribution in [2.24, 2.45) is 0 Å². The number of hydrogen-bond donors (Lipinski definition) is 1. The maximum atomic E-state index is 11.6. The lowest BCUT2D eigenvalue weighted by atomic mass is 10.0. The van der Waals surface area contributed by atoms with Gasteiger partial charge in [-0.05, 0) is 48.2 Å². The molecular formula is C24H20N2O3S. The number of hydrogen-bond acceptors (Lipinski definition) is 6. The van der Waals surface area contributed by atoms with Crippen molar-refractivity contribution in [2.75, 3.05) is 12.3 Å². The van der Waals surface area contributed by atoms with Gasteiger partial charge in [-0.25, -0.2) is 9.78 Å². The number of fused-ring (bicyclic) bond motifs is 1. The van der Waals surface area contributed by atoms with E-state index in [9.17, 15) is 4.79 Å². The van der Waals surface area contributed by atoms with Crippen molar-refractivity contribution in [3.05, 3.63) is 77.8 Å². The molecule has 6 heteroatoms. The maximum absolute atomic E-state index is 11.6. The highest BCUT2D eigenvalue weighted by molar-refractivity contribution is 7.18. The number of rotatable bonds is 6. The summed E-state index contributed by atoms with van der Waals surface area (Å²) in [6.45, 7) is 2.11.